The van der Waals surface area contributed by atoms with Crippen LogP contribution >= 0.6 is 0 Å². The van der Waals surface area contributed by atoms with Gasteiger partial charge < -0.3 is 14.7 Å². The normalized spacial score (nSPS) is 17.4. The molecule has 12 heteroatoms. The number of aromatic nitrogens is 4. The van der Waals surface area contributed by atoms with Gasteiger partial charge in [-0.05, 0) is 25.6 Å². The number of hydrogen-bond donors (Lipinski definition) is 2. The van der Waals surface area contributed by atoms with Crippen molar-refractivity contribution in [2.45, 2.75) is 31.2 Å². The quantitative estimate of drug-likeness (QED) is 0.552. The molecular formula is C21H27N7O4S. The van der Waals surface area contributed by atoms with Gasteiger partial charge in [-0.15, -0.1) is 0 Å². The first-order valence-electron chi connectivity index (χ1n) is 11.0. The van der Waals surface area contributed by atoms with E-state index in [2.05, 4.69) is 20.5 Å². The Kier molecular flexibility index (Phi) is 5.47. The summed E-state index contributed by atoms with van der Waals surface area (Å²) >= 11 is 0. The maximum absolute atomic E-state index is 13.4. The van der Waals surface area contributed by atoms with E-state index in [-0.39, 0.29) is 16.3 Å². The van der Waals surface area contributed by atoms with Crippen molar-refractivity contribution in [2.24, 2.45) is 7.05 Å². The van der Waals surface area contributed by atoms with Gasteiger partial charge in [-0.1, -0.05) is 13.3 Å². The lowest BCUT2D eigenvalue weighted by Gasteiger charge is -2.31. The van der Waals surface area contributed by atoms with E-state index in [1.54, 1.807) is 19.2 Å². The van der Waals surface area contributed by atoms with Crippen molar-refractivity contribution in [3.05, 3.63) is 33.7 Å². The summed E-state index contributed by atoms with van der Waals surface area (Å²) in [5.41, 5.74) is 5.23. The number of nitrogens with one attached hydrogen (secondary N) is 2. The number of rotatable bonds is 5. The number of hydrogen-bond acceptors (Lipinski definition) is 8. The lowest BCUT2D eigenvalue weighted by Crippen LogP contribution is -2.47. The van der Waals surface area contributed by atoms with Crippen molar-refractivity contribution in [2.75, 3.05) is 33.2 Å². The number of nitrogens with zero attached hydrogens (tertiary/aromatic N) is 5. The van der Waals surface area contributed by atoms with Crippen LogP contribution in [-0.4, -0.2) is 70.6 Å². The van der Waals surface area contributed by atoms with Crippen LogP contribution in [0.5, 0.6) is 5.75 Å². The standard InChI is InChI=1S/C21H27N7O4S/c1-4-5-16-17-18(27(3)25-16)21(29)24-20(23-17)15-11-14(10-13-12-22-32-19(13)15)33(30,31)28-8-6-26(2)7-9-28/h10-11,22H,4-9,12H2,1-3H3,(H,23,24,29). The third-order valence-electron chi connectivity index (χ3n) is 6.18. The summed E-state index contributed by atoms with van der Waals surface area (Å²) < 4.78 is 29.9. The molecule has 4 heterocycles. The molecule has 11 nitrogen and oxygen atoms in total. The zero-order valence-electron chi connectivity index (χ0n) is 18.9. The molecule has 0 bridgehead atoms. The summed E-state index contributed by atoms with van der Waals surface area (Å²) in [4.78, 5) is 28.3. The van der Waals surface area contributed by atoms with Gasteiger partial charge in [0.05, 0.1) is 22.7 Å². The molecule has 176 valence electrons. The van der Waals surface area contributed by atoms with Crippen LogP contribution in [0.4, 0.5) is 0 Å². The Balaban J connectivity index is 1.66. The molecule has 0 saturated carbocycles. The van der Waals surface area contributed by atoms with Gasteiger partial charge in [0.2, 0.25) is 10.0 Å². The zero-order chi connectivity index (χ0) is 23.3. The van der Waals surface area contributed by atoms with Crippen LogP contribution in [0.2, 0.25) is 0 Å². The second-order valence-electron chi connectivity index (χ2n) is 8.52. The molecule has 0 radical (unpaired) electrons. The average Bonchev–Trinajstić information content (AvgIpc) is 3.38. The molecule has 5 rings (SSSR count). The maximum atomic E-state index is 13.4. The third kappa shape index (κ3) is 3.72. The van der Waals surface area contributed by atoms with E-state index in [1.165, 1.54) is 8.99 Å². The van der Waals surface area contributed by atoms with Gasteiger partial charge in [0, 0.05) is 38.8 Å². The molecule has 1 aromatic carbocycles. The van der Waals surface area contributed by atoms with E-state index in [0.29, 0.717) is 67.1 Å². The van der Waals surface area contributed by atoms with Crippen molar-refractivity contribution in [3.63, 3.8) is 0 Å². The maximum Gasteiger partial charge on any atom is 0.277 e. The second kappa shape index (κ2) is 8.20. The van der Waals surface area contributed by atoms with Gasteiger partial charge in [-0.25, -0.2) is 13.4 Å². The zero-order valence-corrected chi connectivity index (χ0v) is 19.7. The van der Waals surface area contributed by atoms with Gasteiger partial charge in [-0.2, -0.15) is 14.9 Å². The molecule has 2 aliphatic heterocycles. The monoisotopic (exact) mass is 473 g/mol. The average molecular weight is 474 g/mol. The fraction of sp³-hybridized carbons (Fsp3) is 0.476. The van der Waals surface area contributed by atoms with Gasteiger partial charge >= 0.3 is 0 Å². The highest BCUT2D eigenvalue weighted by atomic mass is 32.2. The summed E-state index contributed by atoms with van der Waals surface area (Å²) in [6, 6.07) is 3.18. The lowest BCUT2D eigenvalue weighted by molar-refractivity contribution is 0.222. The molecule has 33 heavy (non-hydrogen) atoms. The number of H-pyrrole nitrogens is 1. The van der Waals surface area contributed by atoms with E-state index < -0.39 is 10.0 Å². The fourth-order valence-corrected chi connectivity index (χ4v) is 5.88. The van der Waals surface area contributed by atoms with Crippen molar-refractivity contribution in [3.8, 4) is 17.1 Å². The van der Waals surface area contributed by atoms with E-state index >= 15 is 0 Å². The topological polar surface area (TPSA) is 125 Å². The Labute approximate surface area is 191 Å². The number of aromatic amines is 1. The van der Waals surface area contributed by atoms with Gasteiger partial charge in [0.25, 0.3) is 5.56 Å². The van der Waals surface area contributed by atoms with Crippen molar-refractivity contribution >= 4 is 21.1 Å². The van der Waals surface area contributed by atoms with Crippen LogP contribution in [0.1, 0.15) is 24.6 Å². The highest BCUT2D eigenvalue weighted by Crippen LogP contribution is 2.37. The van der Waals surface area contributed by atoms with Crippen molar-refractivity contribution in [1.29, 1.82) is 0 Å². The number of fused-ring (bicyclic) bond motifs is 2. The lowest BCUT2D eigenvalue weighted by atomic mass is 10.1. The first kappa shape index (κ1) is 22.0. The number of likely N-dealkylation sites (N-methyl/N-ethyl adjacent to an activating group) is 1. The molecule has 2 aliphatic rings. The van der Waals surface area contributed by atoms with Crippen LogP contribution in [-0.2, 0) is 30.0 Å². The predicted octanol–water partition coefficient (Wildman–Crippen LogP) is 0.609. The molecule has 3 aromatic rings. The van der Waals surface area contributed by atoms with E-state index in [0.717, 1.165) is 12.1 Å². The minimum atomic E-state index is -3.72. The molecule has 0 atom stereocenters. The van der Waals surface area contributed by atoms with Crippen LogP contribution in [0, 0.1) is 0 Å². The number of aryl methyl sites for hydroxylation is 2. The van der Waals surface area contributed by atoms with E-state index in [4.69, 9.17) is 9.82 Å². The molecule has 2 N–H and O–H groups in total. The van der Waals surface area contributed by atoms with Crippen LogP contribution in [0.15, 0.2) is 21.8 Å². The Morgan fingerprint density at radius 1 is 1.15 bits per heavy atom. The first-order valence-corrected chi connectivity index (χ1v) is 12.4. The van der Waals surface area contributed by atoms with Gasteiger partial charge in [-0.3, -0.25) is 9.48 Å². The second-order valence-corrected chi connectivity index (χ2v) is 10.5. The first-order chi connectivity index (χ1) is 15.8. The fourth-order valence-electron chi connectivity index (χ4n) is 4.38. The molecule has 0 spiro atoms. The summed E-state index contributed by atoms with van der Waals surface area (Å²) in [7, 11) is -0.0253. The Morgan fingerprint density at radius 2 is 1.91 bits per heavy atom. The summed E-state index contributed by atoms with van der Waals surface area (Å²) in [6.45, 7) is 4.60. The highest BCUT2D eigenvalue weighted by molar-refractivity contribution is 7.89. The number of hydroxylamine groups is 1. The summed E-state index contributed by atoms with van der Waals surface area (Å²) in [5, 5.41) is 4.46. The Bertz CT molecular complexity index is 1390. The minimum absolute atomic E-state index is 0.163. The number of sulfonamides is 1. The molecule has 2 aromatic heterocycles. The minimum Gasteiger partial charge on any atom is -0.407 e. The van der Waals surface area contributed by atoms with Crippen LogP contribution in [0.25, 0.3) is 22.4 Å². The van der Waals surface area contributed by atoms with Crippen molar-refractivity contribution < 1.29 is 13.3 Å². The van der Waals surface area contributed by atoms with Crippen LogP contribution < -0.4 is 15.9 Å². The predicted molar refractivity (Wildman–Crippen MR) is 122 cm³/mol. The molecule has 1 fully saturated rings. The van der Waals surface area contributed by atoms with Crippen LogP contribution in [0.3, 0.4) is 0 Å². The van der Waals surface area contributed by atoms with Crippen molar-refractivity contribution in [1.82, 2.24) is 34.4 Å². The largest absolute Gasteiger partial charge is 0.407 e. The number of benzene rings is 1. The summed E-state index contributed by atoms with van der Waals surface area (Å²) in [6.07, 6.45) is 1.54. The van der Waals surface area contributed by atoms with E-state index in [1.807, 2.05) is 14.0 Å². The summed E-state index contributed by atoms with van der Waals surface area (Å²) in [5.74, 6) is 0.726. The molecule has 1 saturated heterocycles. The Hall–Kier alpha value is -2.80. The SMILES string of the molecule is CCCc1nn(C)c2c(=O)[nH]c(-c3cc(S(=O)(=O)N4CCN(C)CC4)cc4c3ONC4)nc12. The number of piperazine rings is 1. The molecular weight excluding hydrogens is 446 g/mol. The smallest absolute Gasteiger partial charge is 0.277 e. The van der Waals surface area contributed by atoms with Gasteiger partial charge in [0.1, 0.15) is 11.3 Å². The third-order valence-corrected chi connectivity index (χ3v) is 8.06. The molecule has 0 aliphatic carbocycles. The van der Waals surface area contributed by atoms with E-state index in [9.17, 15) is 13.2 Å². The molecule has 0 amide bonds. The Morgan fingerprint density at radius 3 is 2.64 bits per heavy atom. The molecule has 0 unspecified atom stereocenters. The highest BCUT2D eigenvalue weighted by Gasteiger charge is 2.31. The van der Waals surface area contributed by atoms with Gasteiger partial charge in [0.15, 0.2) is 11.3 Å².